The Kier molecular flexibility index (Phi) is 19.7. The lowest BCUT2D eigenvalue weighted by Gasteiger charge is -2.49. The van der Waals surface area contributed by atoms with E-state index < -0.39 is 0 Å². The van der Waals surface area contributed by atoms with E-state index in [2.05, 4.69) is 41.8 Å². The van der Waals surface area contributed by atoms with Crippen molar-refractivity contribution >= 4 is 40.7 Å². The summed E-state index contributed by atoms with van der Waals surface area (Å²) < 4.78 is 3.62. The minimum atomic E-state index is -0.167. The van der Waals surface area contributed by atoms with Crippen LogP contribution in [0.15, 0.2) is 101 Å². The summed E-state index contributed by atoms with van der Waals surface area (Å²) in [5.74, 6) is 3.88. The molecule has 0 spiro atoms. The molecule has 14 nitrogen and oxygen atoms in total. The number of aromatic hydroxyl groups is 2. The van der Waals surface area contributed by atoms with Crippen molar-refractivity contribution < 1.29 is 39.3 Å². The molecule has 0 radical (unpaired) electrons. The smallest absolute Gasteiger partial charge is 0.315 e. The molecule has 438 valence electrons. The lowest BCUT2D eigenvalue weighted by atomic mass is 9.55. The highest BCUT2D eigenvalue weighted by Crippen LogP contribution is 2.61. The van der Waals surface area contributed by atoms with Crippen molar-refractivity contribution in [3.63, 3.8) is 0 Å². The third kappa shape index (κ3) is 14.4. The van der Waals surface area contributed by atoms with E-state index in [4.69, 9.17) is 10.2 Å². The Hall–Kier alpha value is -6.28. The van der Waals surface area contributed by atoms with E-state index in [1.165, 1.54) is 80.0 Å². The molecule has 6 N–H and O–H groups in total. The van der Waals surface area contributed by atoms with Gasteiger partial charge in [-0.2, -0.15) is 14.8 Å². The summed E-state index contributed by atoms with van der Waals surface area (Å²) in [6, 6.07) is 19.2. The molecule has 2 aromatic carbocycles. The van der Waals surface area contributed by atoms with Crippen molar-refractivity contribution in [2.45, 2.75) is 219 Å². The summed E-state index contributed by atoms with van der Waals surface area (Å²) in [6.45, 7) is 5.02. The first-order chi connectivity index (χ1) is 39.8. The van der Waals surface area contributed by atoms with Crippen LogP contribution >= 0.6 is 0 Å². The Balaban J connectivity index is 0.510. The Bertz CT molecular complexity index is 3020. The summed E-state index contributed by atoms with van der Waals surface area (Å²) in [6.07, 6.45) is 37.2. The monoisotopic (exact) mass is 1120 g/mol. The molecule has 6 aliphatic rings. The van der Waals surface area contributed by atoms with Gasteiger partial charge in [-0.3, -0.25) is 19.7 Å². The lowest BCUT2D eigenvalue weighted by molar-refractivity contribution is -0.685. The van der Waals surface area contributed by atoms with Crippen LogP contribution in [0.3, 0.4) is 0 Å². The van der Waals surface area contributed by atoms with E-state index in [0.29, 0.717) is 65.2 Å². The SMILES string of the molecule is C[C@]12CC[C@@H]3c4ccc(O)cc4CC[C@H]3[C@@H]1CC/C2=N/NC(=O)Cn1ccc(=NC(=O)CCCCCCCCCCCCCCCCC(=O)[NH2+]c2cc[n+](CC(=O)N/N=C3/CC[C@H]4[C@@H]5CCc6cc(O)ccc6[C@H]5CC[C@]34C)cc2)cc1. The number of hydrogen-bond donors (Lipinski definition) is 5. The van der Waals surface area contributed by atoms with Crippen molar-refractivity contribution in [3.05, 3.63) is 113 Å². The van der Waals surface area contributed by atoms with Crippen LogP contribution < -0.4 is 26.1 Å². The second kappa shape index (κ2) is 27.4. The maximum atomic E-state index is 13.0. The molecule has 0 aliphatic heterocycles. The van der Waals surface area contributed by atoms with Gasteiger partial charge >= 0.3 is 11.8 Å². The number of aryl methyl sites for hydroxylation is 2. The van der Waals surface area contributed by atoms with Gasteiger partial charge in [-0.15, -0.1) is 0 Å². The number of unbranched alkanes of at least 4 members (excludes halogenated alkanes) is 13. The van der Waals surface area contributed by atoms with E-state index in [1.54, 1.807) is 34.4 Å². The number of nitrogens with zero attached hydrogens (tertiary/aromatic N) is 5. The second-order valence-electron chi connectivity index (χ2n) is 25.9. The first-order valence-corrected chi connectivity index (χ1v) is 31.8. The highest BCUT2D eigenvalue weighted by Gasteiger charge is 2.55. The minimum absolute atomic E-state index is 0.00284. The van der Waals surface area contributed by atoms with Crippen LogP contribution in [0.4, 0.5) is 5.69 Å². The van der Waals surface area contributed by atoms with Crippen LogP contribution in [0, 0.1) is 34.5 Å². The number of aromatic nitrogens is 2. The average molecular weight is 1120 g/mol. The topological polar surface area (TPSA) is 195 Å². The second-order valence-corrected chi connectivity index (χ2v) is 25.9. The number of benzene rings is 2. The molecule has 82 heavy (non-hydrogen) atoms. The lowest BCUT2D eigenvalue weighted by Crippen LogP contribution is -2.82. The number of phenolic OH excluding ortho intramolecular Hbond substituents is 2. The molecule has 4 fully saturated rings. The number of primary amides is 1. The van der Waals surface area contributed by atoms with Crippen molar-refractivity contribution in [1.29, 1.82) is 0 Å². The third-order valence-corrected chi connectivity index (χ3v) is 20.6. The quantitative estimate of drug-likeness (QED) is 0.0263. The van der Waals surface area contributed by atoms with E-state index >= 15 is 0 Å². The zero-order valence-corrected chi connectivity index (χ0v) is 49.1. The van der Waals surface area contributed by atoms with Gasteiger partial charge in [-0.25, -0.2) is 20.6 Å². The zero-order valence-electron chi connectivity index (χ0n) is 49.1. The highest BCUT2D eigenvalue weighted by atomic mass is 16.3. The molecule has 2 heterocycles. The van der Waals surface area contributed by atoms with Crippen LogP contribution in [0.25, 0.3) is 0 Å². The molecule has 4 aromatic rings. The van der Waals surface area contributed by atoms with Crippen molar-refractivity contribution in [3.8, 4) is 11.5 Å². The van der Waals surface area contributed by atoms with Crippen LogP contribution in [0.2, 0.25) is 0 Å². The van der Waals surface area contributed by atoms with Gasteiger partial charge in [0.2, 0.25) is 12.5 Å². The number of hydrogen-bond acceptors (Lipinski definition) is 8. The van der Waals surface area contributed by atoms with Crippen LogP contribution in [0.1, 0.15) is 215 Å². The molecular formula is C68H92N8O6+2. The van der Waals surface area contributed by atoms with Gasteiger partial charge < -0.3 is 14.8 Å². The van der Waals surface area contributed by atoms with E-state index in [-0.39, 0.29) is 47.5 Å². The van der Waals surface area contributed by atoms with Crippen molar-refractivity contribution in [2.75, 3.05) is 0 Å². The fourth-order valence-corrected chi connectivity index (χ4v) is 16.2. The summed E-state index contributed by atoms with van der Waals surface area (Å²) in [4.78, 5) is 55.7. The maximum absolute atomic E-state index is 13.0. The van der Waals surface area contributed by atoms with Crippen LogP contribution in [-0.2, 0) is 45.1 Å². The summed E-state index contributed by atoms with van der Waals surface area (Å²) >= 11 is 0. The maximum Gasteiger partial charge on any atom is 0.315 e. The number of carbonyl (C=O) groups is 4. The van der Waals surface area contributed by atoms with Crippen LogP contribution in [0.5, 0.6) is 11.5 Å². The molecule has 4 amide bonds. The largest absolute Gasteiger partial charge is 0.508 e. The first kappa shape index (κ1) is 58.9. The normalized spacial score (nSPS) is 26.0. The first-order valence-electron chi connectivity index (χ1n) is 31.8. The number of phenols is 2. The fourth-order valence-electron chi connectivity index (χ4n) is 16.2. The van der Waals surface area contributed by atoms with Crippen LogP contribution in [-0.4, -0.2) is 49.8 Å². The van der Waals surface area contributed by atoms with E-state index in [9.17, 15) is 29.4 Å². The summed E-state index contributed by atoms with van der Waals surface area (Å²) in [5, 5.41) is 31.9. The van der Waals surface area contributed by atoms with Gasteiger partial charge in [0.25, 0.3) is 5.91 Å². The Morgan fingerprint density at radius 1 is 0.585 bits per heavy atom. The molecule has 4 saturated carbocycles. The van der Waals surface area contributed by atoms with Crippen molar-refractivity contribution in [1.82, 2.24) is 15.4 Å². The summed E-state index contributed by atoms with van der Waals surface area (Å²) in [5.41, 5.74) is 14.3. The van der Waals surface area contributed by atoms with E-state index in [0.717, 1.165) is 126 Å². The number of nitrogens with two attached hydrogens (primary N) is 1. The third-order valence-electron chi connectivity index (χ3n) is 20.6. The molecule has 0 unspecified atom stereocenters. The average Bonchev–Trinajstić information content (AvgIpc) is 3.19. The molecule has 8 atom stereocenters. The summed E-state index contributed by atoms with van der Waals surface area (Å²) in [7, 11) is 0. The Labute approximate surface area is 486 Å². The number of quaternary nitrogens is 1. The Morgan fingerprint density at radius 3 is 1.57 bits per heavy atom. The van der Waals surface area contributed by atoms with Gasteiger partial charge in [0.1, 0.15) is 23.7 Å². The van der Waals surface area contributed by atoms with Crippen molar-refractivity contribution in [2.24, 2.45) is 49.7 Å². The van der Waals surface area contributed by atoms with Gasteiger partial charge in [0.05, 0.1) is 23.9 Å². The number of fused-ring (bicyclic) bond motifs is 10. The van der Waals surface area contributed by atoms with E-state index in [1.807, 2.05) is 53.4 Å². The molecule has 6 aliphatic carbocycles. The molecule has 10 rings (SSSR count). The molecule has 0 saturated heterocycles. The Morgan fingerprint density at radius 2 is 1.06 bits per heavy atom. The van der Waals surface area contributed by atoms with Gasteiger partial charge in [-0.05, 0) is 184 Å². The molecular weight excluding hydrogens is 1020 g/mol. The number of rotatable bonds is 24. The van der Waals surface area contributed by atoms with Gasteiger partial charge in [0.15, 0.2) is 12.4 Å². The number of carbonyl (C=O) groups excluding carboxylic acids is 4. The number of hydrazone groups is 2. The zero-order chi connectivity index (χ0) is 57.1. The predicted molar refractivity (Wildman–Crippen MR) is 319 cm³/mol. The molecule has 14 heteroatoms. The highest BCUT2D eigenvalue weighted by molar-refractivity contribution is 5.94. The minimum Gasteiger partial charge on any atom is -0.508 e. The molecule has 2 aromatic heterocycles. The van der Waals surface area contributed by atoms with Gasteiger partial charge in [-0.1, -0.05) is 103 Å². The number of pyridine rings is 2. The number of nitrogens with one attached hydrogen (secondary N) is 2. The van der Waals surface area contributed by atoms with Gasteiger partial charge in [0, 0.05) is 41.1 Å². The fraction of sp³-hybridized carbons (Fsp3) is 0.588. The standard InChI is InChI=1S/C68H90N8O6/c1-67-37-31-55-53-25-21-51(77)43-47(53)19-23-57(55)59(67)27-29-61(67)71-73-65(81)45-75-39-33-49(34-40-75)69-63(79)17-15-13-11-9-7-5-3-4-6-8-10-12-14-16-18-64(80)70-50-35-41-76(42-36-50)46-66(82)74-72-62-30-28-60-58-24-20-48-44-52(78)22-26-54(48)56(58)32-38-68(60,62)2/h21-22,25-26,33-36,39-44,55-60H,3-20,23-24,27-32,37-38,45-46H2,1-2H3,(H4,73,74,77,78,81,82)/p+2/b71-61-,72-62-/t55-,56-,57-,58-,59+,60+,67+,68+/m1/s1. The number of amides is 4. The predicted octanol–water partition coefficient (Wildman–Crippen LogP) is 11.3. The molecule has 0 bridgehead atoms.